The molecule has 0 amide bonds. The molecule has 0 fully saturated rings. The van der Waals surface area contributed by atoms with Crippen molar-refractivity contribution in [3.63, 3.8) is 0 Å². The molecule has 0 saturated carbocycles. The summed E-state index contributed by atoms with van der Waals surface area (Å²) >= 11 is 1.75. The molecule has 3 heteroatoms. The third-order valence-electron chi connectivity index (χ3n) is 1.37. The van der Waals surface area contributed by atoms with Crippen molar-refractivity contribution in [2.24, 2.45) is 0 Å². The first kappa shape index (κ1) is 9.55. The zero-order valence-corrected chi connectivity index (χ0v) is 8.23. The second-order valence-electron chi connectivity index (χ2n) is 2.33. The largest absolute Gasteiger partial charge is 0.378 e. The number of hydrogen-bond acceptors (Lipinski definition) is 3. The molecule has 0 aliphatic rings. The molecule has 0 saturated heterocycles. The van der Waals surface area contributed by atoms with Gasteiger partial charge >= 0.3 is 0 Å². The van der Waals surface area contributed by atoms with Gasteiger partial charge in [0.1, 0.15) is 0 Å². The first-order chi connectivity index (χ1) is 5.86. The monoisotopic (exact) mass is 183 g/mol. The molecule has 0 radical (unpaired) electrons. The molecule has 0 aliphatic carbocycles. The number of nitrogens with zero attached hydrogens (tertiary/aromatic N) is 1. The molecular weight excluding hydrogens is 170 g/mol. The quantitative estimate of drug-likeness (QED) is 0.669. The summed E-state index contributed by atoms with van der Waals surface area (Å²) in [4.78, 5) is 4.39. The summed E-state index contributed by atoms with van der Waals surface area (Å²) in [6.45, 7) is 2.72. The van der Waals surface area contributed by atoms with E-state index in [4.69, 9.17) is 4.74 Å². The number of methoxy groups -OCH3 is 1. The number of thioether (sulfide) groups is 1. The summed E-state index contributed by atoms with van der Waals surface area (Å²) in [5.74, 6) is 1.06. The Morgan fingerprint density at radius 1 is 1.50 bits per heavy atom. The van der Waals surface area contributed by atoms with Crippen LogP contribution < -0.4 is 0 Å². The van der Waals surface area contributed by atoms with Gasteiger partial charge in [0.15, 0.2) is 0 Å². The third-order valence-corrected chi connectivity index (χ3v) is 2.18. The van der Waals surface area contributed by atoms with Gasteiger partial charge in [0, 0.05) is 7.11 Å². The zero-order valence-electron chi connectivity index (χ0n) is 7.41. The summed E-state index contributed by atoms with van der Waals surface area (Å²) in [6.07, 6.45) is 0. The fourth-order valence-corrected chi connectivity index (χ4v) is 1.57. The normalized spacial score (nSPS) is 10.2. The van der Waals surface area contributed by atoms with Gasteiger partial charge in [-0.25, -0.2) is 4.98 Å². The molecule has 0 bridgehead atoms. The molecular formula is C9H13NOS. The molecule has 1 heterocycles. The number of pyridine rings is 1. The maximum absolute atomic E-state index is 4.99. The molecule has 1 aromatic rings. The molecule has 12 heavy (non-hydrogen) atoms. The molecule has 0 atom stereocenters. The molecule has 2 nitrogen and oxygen atoms in total. The van der Waals surface area contributed by atoms with Gasteiger partial charge in [-0.2, -0.15) is 0 Å². The number of ether oxygens (including phenoxy) is 1. The van der Waals surface area contributed by atoms with Gasteiger partial charge in [0.25, 0.3) is 0 Å². The minimum atomic E-state index is 0.595. The lowest BCUT2D eigenvalue weighted by Gasteiger charge is -2.01. The van der Waals surface area contributed by atoms with E-state index in [1.807, 2.05) is 18.2 Å². The van der Waals surface area contributed by atoms with Crippen LogP contribution in [0.3, 0.4) is 0 Å². The van der Waals surface area contributed by atoms with Gasteiger partial charge in [-0.15, -0.1) is 11.8 Å². The molecule has 0 spiro atoms. The standard InChI is InChI=1S/C9H13NOS/c1-3-12-9-6-4-5-8(10-9)7-11-2/h4-6H,3,7H2,1-2H3. The number of aromatic nitrogens is 1. The number of rotatable bonds is 4. The van der Waals surface area contributed by atoms with Gasteiger partial charge < -0.3 is 4.74 Å². The van der Waals surface area contributed by atoms with E-state index in [0.717, 1.165) is 16.5 Å². The summed E-state index contributed by atoms with van der Waals surface area (Å²) in [5.41, 5.74) is 0.996. The predicted molar refractivity (Wildman–Crippen MR) is 51.3 cm³/mol. The third kappa shape index (κ3) is 2.83. The van der Waals surface area contributed by atoms with Crippen LogP contribution in [-0.4, -0.2) is 17.8 Å². The van der Waals surface area contributed by atoms with E-state index in [-0.39, 0.29) is 0 Å². The molecule has 1 aromatic heterocycles. The van der Waals surface area contributed by atoms with E-state index in [0.29, 0.717) is 6.61 Å². The Balaban J connectivity index is 2.67. The Morgan fingerprint density at radius 3 is 3.00 bits per heavy atom. The molecule has 0 aliphatic heterocycles. The topological polar surface area (TPSA) is 22.1 Å². The molecule has 0 N–H and O–H groups in total. The van der Waals surface area contributed by atoms with Crippen LogP contribution in [0, 0.1) is 0 Å². The Morgan fingerprint density at radius 2 is 2.33 bits per heavy atom. The van der Waals surface area contributed by atoms with E-state index in [9.17, 15) is 0 Å². The minimum absolute atomic E-state index is 0.595. The van der Waals surface area contributed by atoms with Crippen molar-refractivity contribution in [1.29, 1.82) is 0 Å². The van der Waals surface area contributed by atoms with Gasteiger partial charge in [-0.05, 0) is 17.9 Å². The maximum Gasteiger partial charge on any atom is 0.0964 e. The van der Waals surface area contributed by atoms with E-state index < -0.39 is 0 Å². The Kier molecular flexibility index (Phi) is 4.11. The second-order valence-corrected chi connectivity index (χ2v) is 3.62. The highest BCUT2D eigenvalue weighted by molar-refractivity contribution is 7.99. The van der Waals surface area contributed by atoms with Crippen LogP contribution in [0.2, 0.25) is 0 Å². The molecule has 1 rings (SSSR count). The van der Waals surface area contributed by atoms with Crippen molar-refractivity contribution in [3.8, 4) is 0 Å². The Labute approximate surface area is 77.3 Å². The molecule has 66 valence electrons. The highest BCUT2D eigenvalue weighted by Gasteiger charge is 1.95. The molecule has 0 aromatic carbocycles. The number of hydrogen-bond donors (Lipinski definition) is 0. The Hall–Kier alpha value is -0.540. The van der Waals surface area contributed by atoms with Gasteiger partial charge in [0.2, 0.25) is 0 Å². The highest BCUT2D eigenvalue weighted by Crippen LogP contribution is 2.14. The average molecular weight is 183 g/mol. The average Bonchev–Trinajstić information content (AvgIpc) is 2.06. The lowest BCUT2D eigenvalue weighted by atomic mass is 10.4. The summed E-state index contributed by atoms with van der Waals surface area (Å²) < 4.78 is 4.99. The first-order valence-electron chi connectivity index (χ1n) is 3.94. The minimum Gasteiger partial charge on any atom is -0.378 e. The van der Waals surface area contributed by atoms with Gasteiger partial charge in [0.05, 0.1) is 17.3 Å². The van der Waals surface area contributed by atoms with Crippen LogP contribution in [0.1, 0.15) is 12.6 Å². The first-order valence-corrected chi connectivity index (χ1v) is 4.93. The van der Waals surface area contributed by atoms with E-state index in [1.165, 1.54) is 0 Å². The fourth-order valence-electron chi connectivity index (χ4n) is 0.914. The van der Waals surface area contributed by atoms with Crippen LogP contribution >= 0.6 is 11.8 Å². The SMILES string of the molecule is CCSc1cccc(COC)n1. The predicted octanol–water partition coefficient (Wildman–Crippen LogP) is 2.34. The lowest BCUT2D eigenvalue weighted by Crippen LogP contribution is -1.92. The van der Waals surface area contributed by atoms with Gasteiger partial charge in [-0.1, -0.05) is 13.0 Å². The van der Waals surface area contributed by atoms with Crippen molar-refractivity contribution in [1.82, 2.24) is 4.98 Å². The van der Waals surface area contributed by atoms with Crippen LogP contribution in [0.5, 0.6) is 0 Å². The van der Waals surface area contributed by atoms with Gasteiger partial charge in [-0.3, -0.25) is 0 Å². The molecule has 0 unspecified atom stereocenters. The Bertz CT molecular complexity index is 218. The van der Waals surface area contributed by atoms with E-state index in [1.54, 1.807) is 18.9 Å². The summed E-state index contributed by atoms with van der Waals surface area (Å²) in [6, 6.07) is 6.01. The lowest BCUT2D eigenvalue weighted by molar-refractivity contribution is 0.181. The van der Waals surface area contributed by atoms with Crippen molar-refractivity contribution >= 4 is 11.8 Å². The van der Waals surface area contributed by atoms with Crippen LogP contribution in [0.25, 0.3) is 0 Å². The van der Waals surface area contributed by atoms with Crippen molar-refractivity contribution < 1.29 is 4.74 Å². The van der Waals surface area contributed by atoms with E-state index >= 15 is 0 Å². The maximum atomic E-state index is 4.99. The second kappa shape index (κ2) is 5.17. The van der Waals surface area contributed by atoms with Crippen LogP contribution in [0.4, 0.5) is 0 Å². The summed E-state index contributed by atoms with van der Waals surface area (Å²) in [5, 5.41) is 1.08. The highest BCUT2D eigenvalue weighted by atomic mass is 32.2. The van der Waals surface area contributed by atoms with E-state index in [2.05, 4.69) is 11.9 Å². The van der Waals surface area contributed by atoms with Crippen molar-refractivity contribution in [2.75, 3.05) is 12.9 Å². The van der Waals surface area contributed by atoms with Crippen LogP contribution in [-0.2, 0) is 11.3 Å². The smallest absolute Gasteiger partial charge is 0.0964 e. The van der Waals surface area contributed by atoms with Crippen molar-refractivity contribution in [2.45, 2.75) is 18.6 Å². The summed E-state index contributed by atoms with van der Waals surface area (Å²) in [7, 11) is 1.68. The van der Waals surface area contributed by atoms with Crippen molar-refractivity contribution in [3.05, 3.63) is 23.9 Å². The fraction of sp³-hybridized carbons (Fsp3) is 0.444. The zero-order chi connectivity index (χ0) is 8.81. The van der Waals surface area contributed by atoms with Crippen LogP contribution in [0.15, 0.2) is 23.2 Å².